The molecule has 250 valence electrons. The van der Waals surface area contributed by atoms with E-state index in [0.29, 0.717) is 0 Å². The molecule has 0 bridgehead atoms. The Morgan fingerprint density at radius 2 is 0.887 bits per heavy atom. The molecule has 7 aromatic rings. The van der Waals surface area contributed by atoms with Crippen LogP contribution in [0.25, 0.3) is 39.0 Å². The highest BCUT2D eigenvalue weighted by Crippen LogP contribution is 2.65. The molecule has 0 aliphatic heterocycles. The van der Waals surface area contributed by atoms with Crippen molar-refractivity contribution in [3.05, 3.63) is 219 Å². The second-order valence-corrected chi connectivity index (χ2v) is 16.7. The van der Waals surface area contributed by atoms with Crippen molar-refractivity contribution in [1.82, 2.24) is 0 Å². The number of benzene rings is 7. The molecule has 0 saturated heterocycles. The van der Waals surface area contributed by atoms with Crippen molar-refractivity contribution in [2.75, 3.05) is 0 Å². The van der Waals surface area contributed by atoms with E-state index in [4.69, 9.17) is 0 Å². The summed E-state index contributed by atoms with van der Waals surface area (Å²) in [4.78, 5) is 1.69. The predicted molar refractivity (Wildman–Crippen MR) is 216 cm³/mol. The summed E-state index contributed by atoms with van der Waals surface area (Å²) in [5, 5.41) is 0. The van der Waals surface area contributed by atoms with Gasteiger partial charge in [-0.05, 0) is 145 Å². The molecular weight excluding hydrogens is 661 g/mol. The van der Waals surface area contributed by atoms with Crippen LogP contribution in [0.5, 0.6) is 0 Å². The molecule has 12 rings (SSSR count). The highest BCUT2D eigenvalue weighted by atomic mass is 32.2. The second-order valence-electron chi connectivity index (χ2n) is 15.2. The van der Waals surface area contributed by atoms with E-state index < -0.39 is 16.6 Å². The Bertz CT molecular complexity index is 2790. The molecule has 0 N–H and O–H groups in total. The van der Waals surface area contributed by atoms with Crippen molar-refractivity contribution in [2.24, 2.45) is 0 Å². The van der Waals surface area contributed by atoms with Crippen LogP contribution in [-0.4, -0.2) is 4.55 Å². The summed E-state index contributed by atoms with van der Waals surface area (Å²) < 4.78 is 15.2. The molecular formula is C51H34OS. The molecule has 2 heteroatoms. The van der Waals surface area contributed by atoms with Crippen LogP contribution in [0.4, 0.5) is 0 Å². The minimum atomic E-state index is -1.41. The van der Waals surface area contributed by atoms with Crippen molar-refractivity contribution in [3.63, 3.8) is 0 Å². The second kappa shape index (κ2) is 10.5. The first-order valence-electron chi connectivity index (χ1n) is 18.7. The molecule has 2 unspecified atom stereocenters. The maximum Gasteiger partial charge on any atom is 0.158 e. The highest BCUT2D eigenvalue weighted by Gasteiger charge is 2.54. The molecule has 0 fully saturated rings. The standard InChI is InChI=1S/C51H34OS/c1-31-22-25-39-41-27-24-33(30-49(41)51(47(39)28-31)45-20-10-4-14-36(45)37-15-5-11-21-46(37)51)53(52)32-23-26-40-38-16-6-9-19-44(38)50(48(40)29-32)42-17-7-2-12-34(42)35-13-3-8-18-43(35)50/h2-7,9-17,19-30H,8,18H2,1H3. The van der Waals surface area contributed by atoms with Crippen LogP contribution in [0.1, 0.15) is 62.9 Å². The molecule has 0 aromatic heterocycles. The zero-order valence-corrected chi connectivity index (χ0v) is 30.1. The van der Waals surface area contributed by atoms with E-state index >= 15 is 4.55 Å². The normalized spacial score (nSPS) is 19.0. The quantitative estimate of drug-likeness (QED) is 0.165. The molecule has 0 saturated carbocycles. The van der Waals surface area contributed by atoms with Gasteiger partial charge in [-0.3, -0.25) is 0 Å². The average Bonchev–Trinajstić information content (AvgIpc) is 3.89. The first kappa shape index (κ1) is 29.9. The van der Waals surface area contributed by atoms with Gasteiger partial charge in [-0.25, -0.2) is 0 Å². The zero-order valence-electron chi connectivity index (χ0n) is 29.3. The Balaban J connectivity index is 1.07. The summed E-state index contributed by atoms with van der Waals surface area (Å²) >= 11 is -1.41. The molecule has 0 heterocycles. The van der Waals surface area contributed by atoms with Crippen LogP contribution >= 0.6 is 0 Å². The number of rotatable bonds is 2. The molecule has 5 aliphatic rings. The van der Waals surface area contributed by atoms with Crippen molar-refractivity contribution in [2.45, 2.75) is 40.4 Å². The van der Waals surface area contributed by atoms with Gasteiger partial charge < -0.3 is 4.55 Å². The topological polar surface area (TPSA) is 23.1 Å². The molecule has 53 heavy (non-hydrogen) atoms. The Labute approximate surface area is 313 Å². The van der Waals surface area contributed by atoms with Crippen molar-refractivity contribution >= 4 is 16.7 Å². The molecule has 2 spiro atoms. The fourth-order valence-corrected chi connectivity index (χ4v) is 12.1. The van der Waals surface area contributed by atoms with Crippen LogP contribution in [0.2, 0.25) is 0 Å². The van der Waals surface area contributed by atoms with Crippen LogP contribution in [-0.2, 0) is 22.0 Å². The summed E-state index contributed by atoms with van der Waals surface area (Å²) in [6, 6.07) is 55.9. The Hall–Kier alpha value is -5.67. The summed E-state index contributed by atoms with van der Waals surface area (Å²) in [6.07, 6.45) is 6.71. The monoisotopic (exact) mass is 694 g/mol. The molecule has 1 nitrogen and oxygen atoms in total. The lowest BCUT2D eigenvalue weighted by Gasteiger charge is -2.33. The van der Waals surface area contributed by atoms with E-state index in [1.807, 2.05) is 0 Å². The van der Waals surface area contributed by atoms with Gasteiger partial charge in [0.25, 0.3) is 0 Å². The molecule has 0 amide bonds. The molecule has 2 atom stereocenters. The highest BCUT2D eigenvalue weighted by molar-refractivity contribution is 7.91. The SMILES string of the molecule is Cc1ccc2c(c1)C1(c3ccccc3-c3ccccc31)c1cc([S+]([O-])c3ccc4c(c3)C3(C5=C(C=CCC5)c5ccccc53)c3ccccc3-4)ccc1-2. The van der Waals surface area contributed by atoms with E-state index in [1.165, 1.54) is 94.6 Å². The third-order valence-corrected chi connectivity index (χ3v) is 14.3. The largest absolute Gasteiger partial charge is 0.606 e. The molecule has 5 aliphatic carbocycles. The lowest BCUT2D eigenvalue weighted by Crippen LogP contribution is -2.28. The van der Waals surface area contributed by atoms with Gasteiger partial charge in [0.1, 0.15) is 0 Å². The van der Waals surface area contributed by atoms with E-state index in [0.717, 1.165) is 22.6 Å². The number of hydrogen-bond donors (Lipinski definition) is 0. The van der Waals surface area contributed by atoms with Gasteiger partial charge in [-0.1, -0.05) is 133 Å². The third kappa shape index (κ3) is 3.54. The van der Waals surface area contributed by atoms with Crippen molar-refractivity contribution in [3.8, 4) is 33.4 Å². The fraction of sp³-hybridized carbons (Fsp3) is 0.0980. The summed E-state index contributed by atoms with van der Waals surface area (Å²) in [5.74, 6) is 0. The van der Waals surface area contributed by atoms with Crippen LogP contribution in [0, 0.1) is 6.92 Å². The Morgan fingerprint density at radius 1 is 0.453 bits per heavy atom. The van der Waals surface area contributed by atoms with E-state index in [2.05, 4.69) is 171 Å². The smallest absolute Gasteiger partial charge is 0.158 e. The number of fused-ring (bicyclic) bond motifs is 19. The first-order valence-corrected chi connectivity index (χ1v) is 19.9. The van der Waals surface area contributed by atoms with Crippen LogP contribution < -0.4 is 0 Å². The van der Waals surface area contributed by atoms with E-state index in [-0.39, 0.29) is 5.41 Å². The van der Waals surface area contributed by atoms with E-state index in [1.54, 1.807) is 0 Å². The van der Waals surface area contributed by atoms with Gasteiger partial charge >= 0.3 is 0 Å². The number of hydrogen-bond acceptors (Lipinski definition) is 1. The molecule has 7 aromatic carbocycles. The van der Waals surface area contributed by atoms with Gasteiger partial charge in [0, 0.05) is 11.2 Å². The summed E-state index contributed by atoms with van der Waals surface area (Å²) in [5.41, 5.74) is 21.2. The van der Waals surface area contributed by atoms with Gasteiger partial charge in [0.2, 0.25) is 0 Å². The first-order chi connectivity index (χ1) is 26.1. The maximum atomic E-state index is 15.2. The van der Waals surface area contributed by atoms with E-state index in [9.17, 15) is 0 Å². The average molecular weight is 695 g/mol. The summed E-state index contributed by atoms with van der Waals surface area (Å²) in [6.45, 7) is 2.19. The zero-order chi connectivity index (χ0) is 35.1. The van der Waals surface area contributed by atoms with Crippen LogP contribution in [0.3, 0.4) is 0 Å². The molecule has 0 radical (unpaired) electrons. The van der Waals surface area contributed by atoms with Gasteiger partial charge in [0.05, 0.1) is 10.8 Å². The lowest BCUT2D eigenvalue weighted by atomic mass is 9.68. The minimum Gasteiger partial charge on any atom is -0.606 e. The minimum absolute atomic E-state index is 0.387. The van der Waals surface area contributed by atoms with Gasteiger partial charge in [0.15, 0.2) is 9.79 Å². The number of aryl methyl sites for hydroxylation is 1. The Kier molecular flexibility index (Phi) is 5.90. The maximum absolute atomic E-state index is 15.2. The van der Waals surface area contributed by atoms with Crippen LogP contribution in [0.15, 0.2) is 179 Å². The fourth-order valence-electron chi connectivity index (χ4n) is 11.0. The lowest BCUT2D eigenvalue weighted by molar-refractivity contribution is 0.594. The Morgan fingerprint density at radius 3 is 1.47 bits per heavy atom. The predicted octanol–water partition coefficient (Wildman–Crippen LogP) is 11.9. The number of allylic oxidation sites excluding steroid dienone is 4. The van der Waals surface area contributed by atoms with Crippen molar-refractivity contribution < 1.29 is 4.55 Å². The van der Waals surface area contributed by atoms with Gasteiger partial charge in [-0.15, -0.1) is 0 Å². The third-order valence-electron chi connectivity index (χ3n) is 12.9. The summed E-state index contributed by atoms with van der Waals surface area (Å²) in [7, 11) is 0. The van der Waals surface area contributed by atoms with Crippen molar-refractivity contribution in [1.29, 1.82) is 0 Å². The van der Waals surface area contributed by atoms with Gasteiger partial charge in [-0.2, -0.15) is 0 Å².